The Balaban J connectivity index is 2.23. The molecule has 1 unspecified atom stereocenters. The highest BCUT2D eigenvalue weighted by Crippen LogP contribution is 2.34. The van der Waals surface area contributed by atoms with Gasteiger partial charge in [0.25, 0.3) is 0 Å². The standard InChI is InChI=1S/C12H14N2OS/c1-15-11-5-3-2-4-10(11)14-12(8-13)6-7-16-9-12/h2-5,14H,6-7,9H2,1H3. The molecule has 1 fully saturated rings. The predicted octanol–water partition coefficient (Wildman–Crippen LogP) is 2.51. The van der Waals surface area contributed by atoms with Crippen LogP contribution in [-0.4, -0.2) is 24.2 Å². The van der Waals surface area contributed by atoms with Gasteiger partial charge in [-0.25, -0.2) is 0 Å². The Morgan fingerprint density at radius 1 is 1.50 bits per heavy atom. The number of thioether (sulfide) groups is 1. The van der Waals surface area contributed by atoms with Gasteiger partial charge in [0.1, 0.15) is 11.3 Å². The van der Waals surface area contributed by atoms with E-state index in [9.17, 15) is 5.26 Å². The molecular formula is C12H14N2OS. The number of rotatable bonds is 3. The van der Waals surface area contributed by atoms with E-state index in [-0.39, 0.29) is 0 Å². The molecule has 1 saturated heterocycles. The maximum Gasteiger partial charge on any atom is 0.141 e. The molecule has 0 bridgehead atoms. The molecule has 1 aromatic rings. The zero-order valence-electron chi connectivity index (χ0n) is 9.19. The number of methoxy groups -OCH3 is 1. The zero-order valence-corrected chi connectivity index (χ0v) is 10.0. The number of nitrogens with zero attached hydrogens (tertiary/aromatic N) is 1. The third-order valence-electron chi connectivity index (χ3n) is 2.72. The first kappa shape index (κ1) is 11.2. The second kappa shape index (κ2) is 4.67. The van der Waals surface area contributed by atoms with Crippen LogP contribution < -0.4 is 10.1 Å². The fraction of sp³-hybridized carbons (Fsp3) is 0.417. The van der Waals surface area contributed by atoms with E-state index >= 15 is 0 Å². The van der Waals surface area contributed by atoms with Crippen LogP contribution in [0.3, 0.4) is 0 Å². The van der Waals surface area contributed by atoms with Crippen molar-refractivity contribution in [3.63, 3.8) is 0 Å². The van der Waals surface area contributed by atoms with Crippen molar-refractivity contribution in [2.45, 2.75) is 12.0 Å². The third-order valence-corrected chi connectivity index (χ3v) is 3.91. The van der Waals surface area contributed by atoms with Gasteiger partial charge < -0.3 is 10.1 Å². The lowest BCUT2D eigenvalue weighted by molar-refractivity contribution is 0.415. The van der Waals surface area contributed by atoms with E-state index in [1.165, 1.54) is 0 Å². The summed E-state index contributed by atoms with van der Waals surface area (Å²) in [7, 11) is 1.64. The quantitative estimate of drug-likeness (QED) is 0.872. The first-order valence-corrected chi connectivity index (χ1v) is 6.35. The second-order valence-electron chi connectivity index (χ2n) is 3.82. The summed E-state index contributed by atoms with van der Waals surface area (Å²) in [5.74, 6) is 2.66. The lowest BCUT2D eigenvalue weighted by Crippen LogP contribution is -2.36. The number of para-hydroxylation sites is 2. The maximum atomic E-state index is 9.27. The van der Waals surface area contributed by atoms with E-state index in [2.05, 4.69) is 11.4 Å². The maximum absolute atomic E-state index is 9.27. The monoisotopic (exact) mass is 234 g/mol. The number of benzene rings is 1. The topological polar surface area (TPSA) is 45.0 Å². The fourth-order valence-corrected chi connectivity index (χ4v) is 3.05. The molecule has 1 aliphatic heterocycles. The van der Waals surface area contributed by atoms with Crippen LogP contribution in [0.25, 0.3) is 0 Å². The van der Waals surface area contributed by atoms with Crippen molar-refractivity contribution >= 4 is 17.4 Å². The average molecular weight is 234 g/mol. The summed E-state index contributed by atoms with van der Waals surface area (Å²) < 4.78 is 5.27. The minimum absolute atomic E-state index is 0.431. The van der Waals surface area contributed by atoms with E-state index in [4.69, 9.17) is 4.74 Å². The van der Waals surface area contributed by atoms with Crippen LogP contribution in [0.5, 0.6) is 5.75 Å². The molecule has 0 spiro atoms. The lowest BCUT2D eigenvalue weighted by Gasteiger charge is -2.23. The molecule has 1 aliphatic rings. The lowest BCUT2D eigenvalue weighted by atomic mass is 10.0. The van der Waals surface area contributed by atoms with Gasteiger partial charge in [0.05, 0.1) is 18.9 Å². The van der Waals surface area contributed by atoms with Gasteiger partial charge >= 0.3 is 0 Å². The number of hydrogen-bond donors (Lipinski definition) is 1. The van der Waals surface area contributed by atoms with Crippen molar-refractivity contribution in [1.29, 1.82) is 5.26 Å². The Kier molecular flexibility index (Phi) is 3.25. The summed E-state index contributed by atoms with van der Waals surface area (Å²) in [5, 5.41) is 12.6. The van der Waals surface area contributed by atoms with Gasteiger partial charge in [0, 0.05) is 5.75 Å². The van der Waals surface area contributed by atoms with Gasteiger partial charge in [0.15, 0.2) is 0 Å². The summed E-state index contributed by atoms with van der Waals surface area (Å²) in [5.41, 5.74) is 0.466. The van der Waals surface area contributed by atoms with Crippen LogP contribution in [0.2, 0.25) is 0 Å². The molecule has 4 heteroatoms. The fourth-order valence-electron chi connectivity index (χ4n) is 1.79. The molecule has 1 heterocycles. The summed E-state index contributed by atoms with van der Waals surface area (Å²) in [6.45, 7) is 0. The Morgan fingerprint density at radius 3 is 2.94 bits per heavy atom. The van der Waals surface area contributed by atoms with Crippen molar-refractivity contribution in [3.8, 4) is 11.8 Å². The molecule has 0 aromatic heterocycles. The normalized spacial score (nSPS) is 23.8. The van der Waals surface area contributed by atoms with Crippen LogP contribution in [0.1, 0.15) is 6.42 Å². The van der Waals surface area contributed by atoms with Gasteiger partial charge in [-0.2, -0.15) is 17.0 Å². The largest absolute Gasteiger partial charge is 0.495 e. The summed E-state index contributed by atoms with van der Waals surface area (Å²) in [4.78, 5) is 0. The summed E-state index contributed by atoms with van der Waals surface area (Å²) >= 11 is 1.81. The highest BCUT2D eigenvalue weighted by atomic mass is 32.2. The molecule has 84 valence electrons. The van der Waals surface area contributed by atoms with E-state index in [1.54, 1.807) is 7.11 Å². The minimum atomic E-state index is -0.431. The first-order chi connectivity index (χ1) is 7.79. The predicted molar refractivity (Wildman–Crippen MR) is 66.9 cm³/mol. The smallest absolute Gasteiger partial charge is 0.141 e. The highest BCUT2D eigenvalue weighted by Gasteiger charge is 2.34. The van der Waals surface area contributed by atoms with Gasteiger partial charge in [0.2, 0.25) is 0 Å². The van der Waals surface area contributed by atoms with Crippen LogP contribution >= 0.6 is 11.8 Å². The van der Waals surface area contributed by atoms with Crippen molar-refractivity contribution in [2.75, 3.05) is 23.9 Å². The van der Waals surface area contributed by atoms with E-state index < -0.39 is 5.54 Å². The third kappa shape index (κ3) is 2.10. The van der Waals surface area contributed by atoms with Gasteiger partial charge in [-0.15, -0.1) is 0 Å². The zero-order chi connectivity index (χ0) is 11.4. The molecule has 1 N–H and O–H groups in total. The number of anilines is 1. The number of hydrogen-bond acceptors (Lipinski definition) is 4. The first-order valence-electron chi connectivity index (χ1n) is 5.20. The van der Waals surface area contributed by atoms with Crippen molar-refractivity contribution < 1.29 is 4.74 Å². The SMILES string of the molecule is COc1ccccc1NC1(C#N)CCSC1. The molecule has 1 aromatic carbocycles. The van der Waals surface area contributed by atoms with Crippen molar-refractivity contribution in [2.24, 2.45) is 0 Å². The van der Waals surface area contributed by atoms with E-state index in [1.807, 2.05) is 36.0 Å². The molecule has 0 amide bonds. The van der Waals surface area contributed by atoms with Gasteiger partial charge in [-0.1, -0.05) is 12.1 Å². The molecular weight excluding hydrogens is 220 g/mol. The molecule has 0 aliphatic carbocycles. The number of nitrogens with one attached hydrogen (secondary N) is 1. The summed E-state index contributed by atoms with van der Waals surface area (Å²) in [6, 6.07) is 10.1. The van der Waals surface area contributed by atoms with Crippen molar-refractivity contribution in [1.82, 2.24) is 0 Å². The number of ether oxygens (including phenoxy) is 1. The van der Waals surface area contributed by atoms with Crippen molar-refractivity contribution in [3.05, 3.63) is 24.3 Å². The Bertz CT molecular complexity index is 408. The van der Waals surface area contributed by atoms with Gasteiger partial charge in [-0.3, -0.25) is 0 Å². The van der Waals surface area contributed by atoms with E-state index in [0.717, 1.165) is 29.4 Å². The molecule has 0 radical (unpaired) electrons. The summed E-state index contributed by atoms with van der Waals surface area (Å²) in [6.07, 6.45) is 0.881. The second-order valence-corrected chi connectivity index (χ2v) is 4.93. The van der Waals surface area contributed by atoms with E-state index in [0.29, 0.717) is 0 Å². The minimum Gasteiger partial charge on any atom is -0.495 e. The molecule has 1 atom stereocenters. The molecule has 2 rings (SSSR count). The van der Waals surface area contributed by atoms with Crippen LogP contribution in [0.4, 0.5) is 5.69 Å². The number of nitriles is 1. The Morgan fingerprint density at radius 2 is 2.31 bits per heavy atom. The molecule has 0 saturated carbocycles. The Hall–Kier alpha value is -1.34. The highest BCUT2D eigenvalue weighted by molar-refractivity contribution is 7.99. The Labute approximate surface area is 99.8 Å². The van der Waals surface area contributed by atoms with Gasteiger partial charge in [-0.05, 0) is 24.3 Å². The molecule has 16 heavy (non-hydrogen) atoms. The van der Waals surface area contributed by atoms with Crippen LogP contribution in [0.15, 0.2) is 24.3 Å². The van der Waals surface area contributed by atoms with Crippen LogP contribution in [-0.2, 0) is 0 Å². The van der Waals surface area contributed by atoms with Crippen LogP contribution in [0, 0.1) is 11.3 Å². The average Bonchev–Trinajstić information content (AvgIpc) is 2.79. The molecule has 3 nitrogen and oxygen atoms in total.